The fourth-order valence-electron chi connectivity index (χ4n) is 3.26. The minimum atomic E-state index is -0.668. The van der Waals surface area contributed by atoms with Gasteiger partial charge in [-0.3, -0.25) is 4.79 Å². The maximum atomic E-state index is 13.6. The Bertz CT molecular complexity index is 501. The van der Waals surface area contributed by atoms with Gasteiger partial charge in [0.2, 0.25) is 5.91 Å². The van der Waals surface area contributed by atoms with Gasteiger partial charge in [-0.1, -0.05) is 31.4 Å². The third-order valence-electron chi connectivity index (χ3n) is 4.53. The van der Waals surface area contributed by atoms with Crippen LogP contribution in [-0.4, -0.2) is 32.2 Å². The van der Waals surface area contributed by atoms with Crippen molar-refractivity contribution in [2.24, 2.45) is 5.73 Å². The van der Waals surface area contributed by atoms with E-state index in [2.05, 4.69) is 5.32 Å². The van der Waals surface area contributed by atoms with Crippen molar-refractivity contribution in [3.05, 3.63) is 35.6 Å². The highest BCUT2D eigenvalue weighted by Gasteiger charge is 2.34. The Morgan fingerprint density at radius 1 is 1.41 bits per heavy atom. The van der Waals surface area contributed by atoms with Crippen LogP contribution in [0.25, 0.3) is 0 Å². The van der Waals surface area contributed by atoms with Crippen molar-refractivity contribution in [1.82, 2.24) is 5.32 Å². The molecule has 0 saturated heterocycles. The van der Waals surface area contributed by atoms with Crippen LogP contribution in [0.4, 0.5) is 4.39 Å². The summed E-state index contributed by atoms with van der Waals surface area (Å²) in [5.41, 5.74) is 6.53. The van der Waals surface area contributed by atoms with Crippen molar-refractivity contribution in [3.8, 4) is 0 Å². The predicted molar refractivity (Wildman–Crippen MR) is 84.0 cm³/mol. The number of hydrogen-bond donors (Lipinski definition) is 2. The number of amides is 1. The van der Waals surface area contributed by atoms with Crippen LogP contribution in [0.3, 0.4) is 0 Å². The van der Waals surface area contributed by atoms with E-state index in [9.17, 15) is 9.18 Å². The van der Waals surface area contributed by atoms with Crippen LogP contribution in [0.5, 0.6) is 0 Å². The summed E-state index contributed by atoms with van der Waals surface area (Å²) in [7, 11) is 1.52. The van der Waals surface area contributed by atoms with Crippen molar-refractivity contribution < 1.29 is 13.9 Å². The topological polar surface area (TPSA) is 64.3 Å². The van der Waals surface area contributed by atoms with Crippen LogP contribution in [0.15, 0.2) is 24.3 Å². The first-order chi connectivity index (χ1) is 10.6. The minimum Gasteiger partial charge on any atom is -0.383 e. The van der Waals surface area contributed by atoms with Gasteiger partial charge in [0, 0.05) is 19.1 Å². The molecule has 1 aliphatic rings. The summed E-state index contributed by atoms with van der Waals surface area (Å²) >= 11 is 0. The largest absolute Gasteiger partial charge is 0.383 e. The zero-order valence-corrected chi connectivity index (χ0v) is 13.1. The van der Waals surface area contributed by atoms with Gasteiger partial charge in [-0.25, -0.2) is 4.39 Å². The molecular formula is C17H25FN2O2. The van der Waals surface area contributed by atoms with E-state index in [1.807, 2.05) is 6.07 Å². The van der Waals surface area contributed by atoms with E-state index in [1.165, 1.54) is 19.6 Å². The van der Waals surface area contributed by atoms with Crippen LogP contribution in [-0.2, 0) is 14.9 Å². The summed E-state index contributed by atoms with van der Waals surface area (Å²) in [4.78, 5) is 12.0. The molecule has 1 amide bonds. The van der Waals surface area contributed by atoms with Crippen LogP contribution in [0.1, 0.15) is 37.7 Å². The van der Waals surface area contributed by atoms with E-state index in [4.69, 9.17) is 10.5 Å². The lowest BCUT2D eigenvalue weighted by atomic mass is 9.69. The normalized spacial score (nSPS) is 18.7. The molecule has 5 heteroatoms. The molecule has 1 aliphatic carbocycles. The Morgan fingerprint density at radius 3 is 2.77 bits per heavy atom. The highest BCUT2D eigenvalue weighted by atomic mass is 19.1. The number of carbonyl (C=O) groups excluding carboxylic acids is 1. The molecule has 0 aliphatic heterocycles. The zero-order valence-electron chi connectivity index (χ0n) is 13.1. The lowest BCUT2D eigenvalue weighted by Crippen LogP contribution is -2.49. The Morgan fingerprint density at radius 2 is 2.14 bits per heavy atom. The fraction of sp³-hybridized carbons (Fsp3) is 0.588. The number of benzene rings is 1. The molecule has 0 radical (unpaired) electrons. The van der Waals surface area contributed by atoms with E-state index < -0.39 is 6.04 Å². The second kappa shape index (κ2) is 7.70. The van der Waals surface area contributed by atoms with Gasteiger partial charge in [-0.15, -0.1) is 0 Å². The molecule has 1 unspecified atom stereocenters. The summed E-state index contributed by atoms with van der Waals surface area (Å²) < 4.78 is 18.5. The Hall–Kier alpha value is -1.46. The first-order valence-electron chi connectivity index (χ1n) is 7.86. The Labute approximate surface area is 131 Å². The molecule has 0 heterocycles. The predicted octanol–water partition coefficient (Wildman–Crippen LogP) is 2.12. The molecule has 122 valence electrons. The van der Waals surface area contributed by atoms with Crippen molar-refractivity contribution in [2.45, 2.75) is 43.6 Å². The molecule has 4 nitrogen and oxygen atoms in total. The van der Waals surface area contributed by atoms with Crippen molar-refractivity contribution in [2.75, 3.05) is 20.3 Å². The van der Waals surface area contributed by atoms with E-state index in [1.54, 1.807) is 12.1 Å². The van der Waals surface area contributed by atoms with E-state index in [0.29, 0.717) is 6.54 Å². The first kappa shape index (κ1) is 16.9. The SMILES string of the molecule is COCC(N)C(=O)NCC1(c2cccc(F)c2)CCCCC1. The van der Waals surface area contributed by atoms with Crippen molar-refractivity contribution in [3.63, 3.8) is 0 Å². The number of nitrogens with one attached hydrogen (secondary N) is 1. The molecule has 1 fully saturated rings. The molecule has 0 aromatic heterocycles. The van der Waals surface area contributed by atoms with Gasteiger partial charge < -0.3 is 15.8 Å². The van der Waals surface area contributed by atoms with Gasteiger partial charge in [0.15, 0.2) is 0 Å². The monoisotopic (exact) mass is 308 g/mol. The maximum Gasteiger partial charge on any atom is 0.239 e. The number of halogens is 1. The average molecular weight is 308 g/mol. The molecule has 2 rings (SSSR count). The van der Waals surface area contributed by atoms with Gasteiger partial charge in [-0.05, 0) is 30.5 Å². The second-order valence-electron chi connectivity index (χ2n) is 6.13. The number of hydrogen-bond acceptors (Lipinski definition) is 3. The molecular weight excluding hydrogens is 283 g/mol. The molecule has 0 spiro atoms. The minimum absolute atomic E-state index is 0.192. The van der Waals surface area contributed by atoms with Crippen LogP contribution >= 0.6 is 0 Å². The van der Waals surface area contributed by atoms with Crippen molar-refractivity contribution >= 4 is 5.91 Å². The lowest BCUT2D eigenvalue weighted by molar-refractivity contribution is -0.123. The van der Waals surface area contributed by atoms with Crippen LogP contribution in [0, 0.1) is 5.82 Å². The highest BCUT2D eigenvalue weighted by Crippen LogP contribution is 2.39. The molecule has 1 aromatic carbocycles. The summed E-state index contributed by atoms with van der Waals surface area (Å²) in [6.07, 6.45) is 5.29. The zero-order chi connectivity index (χ0) is 16.0. The fourth-order valence-corrected chi connectivity index (χ4v) is 3.26. The quantitative estimate of drug-likeness (QED) is 0.846. The van der Waals surface area contributed by atoms with Gasteiger partial charge >= 0.3 is 0 Å². The van der Waals surface area contributed by atoms with Crippen LogP contribution < -0.4 is 11.1 Å². The molecule has 22 heavy (non-hydrogen) atoms. The molecule has 1 atom stereocenters. The van der Waals surface area contributed by atoms with E-state index in [-0.39, 0.29) is 23.7 Å². The molecule has 3 N–H and O–H groups in total. The van der Waals surface area contributed by atoms with Crippen molar-refractivity contribution in [1.29, 1.82) is 0 Å². The van der Waals surface area contributed by atoms with E-state index >= 15 is 0 Å². The Balaban J connectivity index is 2.11. The summed E-state index contributed by atoms with van der Waals surface area (Å²) in [6, 6.07) is 6.06. The first-order valence-corrected chi connectivity index (χ1v) is 7.86. The number of rotatable bonds is 6. The summed E-state index contributed by atoms with van der Waals surface area (Å²) in [6.45, 7) is 0.686. The van der Waals surface area contributed by atoms with Gasteiger partial charge in [-0.2, -0.15) is 0 Å². The van der Waals surface area contributed by atoms with Crippen LogP contribution in [0.2, 0.25) is 0 Å². The smallest absolute Gasteiger partial charge is 0.239 e. The standard InChI is InChI=1S/C17H25FN2O2/c1-22-11-15(19)16(21)20-12-17(8-3-2-4-9-17)13-6-5-7-14(18)10-13/h5-7,10,15H,2-4,8-9,11-12,19H2,1H3,(H,20,21). The summed E-state index contributed by atoms with van der Waals surface area (Å²) in [5, 5.41) is 2.93. The number of carbonyl (C=O) groups is 1. The summed E-state index contributed by atoms with van der Waals surface area (Å²) in [5.74, 6) is -0.451. The maximum absolute atomic E-state index is 13.6. The number of nitrogens with two attached hydrogens (primary N) is 1. The highest BCUT2D eigenvalue weighted by molar-refractivity contribution is 5.81. The third kappa shape index (κ3) is 4.05. The molecule has 1 aromatic rings. The Kier molecular flexibility index (Phi) is 5.91. The lowest BCUT2D eigenvalue weighted by Gasteiger charge is -2.38. The van der Waals surface area contributed by atoms with Gasteiger partial charge in [0.1, 0.15) is 11.9 Å². The van der Waals surface area contributed by atoms with Gasteiger partial charge in [0.25, 0.3) is 0 Å². The van der Waals surface area contributed by atoms with E-state index in [0.717, 1.165) is 31.2 Å². The number of methoxy groups -OCH3 is 1. The average Bonchev–Trinajstić information content (AvgIpc) is 2.53. The third-order valence-corrected chi connectivity index (χ3v) is 4.53. The molecule has 0 bridgehead atoms. The van der Waals surface area contributed by atoms with Gasteiger partial charge in [0.05, 0.1) is 6.61 Å². The second-order valence-corrected chi connectivity index (χ2v) is 6.13. The molecule has 1 saturated carbocycles. The number of ether oxygens (including phenoxy) is 1.